The van der Waals surface area contributed by atoms with Crippen molar-refractivity contribution in [2.75, 3.05) is 17.2 Å². The number of hydrogen-bond donors (Lipinski definition) is 2. The summed E-state index contributed by atoms with van der Waals surface area (Å²) in [6.07, 6.45) is 2.65. The van der Waals surface area contributed by atoms with Gasteiger partial charge in [0, 0.05) is 17.6 Å². The maximum Gasteiger partial charge on any atom is 0.135 e. The first kappa shape index (κ1) is 13.1. The van der Waals surface area contributed by atoms with E-state index in [9.17, 15) is 0 Å². The van der Waals surface area contributed by atoms with Crippen LogP contribution in [0, 0.1) is 19.8 Å². The molecule has 1 aliphatic carbocycles. The van der Waals surface area contributed by atoms with E-state index < -0.39 is 0 Å². The third-order valence-electron chi connectivity index (χ3n) is 3.64. The number of aromatic nitrogens is 2. The molecule has 100 valence electrons. The molecule has 1 aliphatic rings. The van der Waals surface area contributed by atoms with E-state index in [0.717, 1.165) is 35.5 Å². The molecule has 1 aromatic rings. The number of nitrogens with zero attached hydrogens (tertiary/aromatic N) is 2. The first-order valence-corrected chi connectivity index (χ1v) is 6.81. The molecule has 4 heteroatoms. The van der Waals surface area contributed by atoms with Crippen LogP contribution in [-0.4, -0.2) is 22.1 Å². The van der Waals surface area contributed by atoms with E-state index >= 15 is 0 Å². The van der Waals surface area contributed by atoms with Crippen molar-refractivity contribution in [3.8, 4) is 0 Å². The highest BCUT2D eigenvalue weighted by Gasteiger charge is 2.38. The van der Waals surface area contributed by atoms with Crippen molar-refractivity contribution in [1.29, 1.82) is 0 Å². The summed E-state index contributed by atoms with van der Waals surface area (Å²) in [7, 11) is 0. The molecule has 0 aliphatic heterocycles. The summed E-state index contributed by atoms with van der Waals surface area (Å²) in [5.41, 5.74) is 1.23. The van der Waals surface area contributed by atoms with Gasteiger partial charge in [-0.1, -0.05) is 0 Å². The summed E-state index contributed by atoms with van der Waals surface area (Å²) in [6, 6.07) is 0. The Balaban J connectivity index is 2.26. The summed E-state index contributed by atoms with van der Waals surface area (Å²) in [5, 5.41) is 6.89. The normalized spacial score (nSPS) is 15.6. The average molecular weight is 248 g/mol. The van der Waals surface area contributed by atoms with Crippen molar-refractivity contribution in [1.82, 2.24) is 9.97 Å². The molecule has 1 aromatic heterocycles. The molecule has 1 heterocycles. The van der Waals surface area contributed by atoms with Gasteiger partial charge in [0.25, 0.3) is 0 Å². The van der Waals surface area contributed by atoms with Crippen molar-refractivity contribution >= 4 is 11.6 Å². The van der Waals surface area contributed by atoms with Gasteiger partial charge in [-0.05, 0) is 53.4 Å². The minimum absolute atomic E-state index is 0.120. The Morgan fingerprint density at radius 3 is 2.33 bits per heavy atom. The zero-order valence-corrected chi connectivity index (χ0v) is 12.1. The van der Waals surface area contributed by atoms with E-state index in [1.165, 1.54) is 12.8 Å². The lowest BCUT2D eigenvalue weighted by atomic mass is 9.98. The van der Waals surface area contributed by atoms with Crippen LogP contribution >= 0.6 is 0 Å². The van der Waals surface area contributed by atoms with E-state index in [1.807, 2.05) is 6.92 Å². The number of aryl methyl sites for hydroxylation is 1. The Morgan fingerprint density at radius 2 is 1.78 bits per heavy atom. The van der Waals surface area contributed by atoms with Crippen molar-refractivity contribution in [3.05, 3.63) is 11.4 Å². The molecule has 4 nitrogen and oxygen atoms in total. The fourth-order valence-corrected chi connectivity index (χ4v) is 2.30. The first-order valence-electron chi connectivity index (χ1n) is 6.81. The van der Waals surface area contributed by atoms with Crippen LogP contribution in [0.15, 0.2) is 0 Å². The number of anilines is 2. The molecular formula is C14H24N4. The van der Waals surface area contributed by atoms with Crippen LogP contribution in [-0.2, 0) is 0 Å². The molecule has 1 fully saturated rings. The highest BCUT2D eigenvalue weighted by atomic mass is 15.1. The Kier molecular flexibility index (Phi) is 3.46. The molecule has 0 bridgehead atoms. The van der Waals surface area contributed by atoms with Crippen LogP contribution in [0.25, 0.3) is 0 Å². The van der Waals surface area contributed by atoms with Gasteiger partial charge in [0.15, 0.2) is 0 Å². The molecular weight excluding hydrogens is 224 g/mol. The van der Waals surface area contributed by atoms with E-state index in [4.69, 9.17) is 0 Å². The predicted octanol–water partition coefficient (Wildman–Crippen LogP) is 3.13. The Labute approximate surface area is 110 Å². The molecule has 0 amide bonds. The second kappa shape index (κ2) is 4.75. The summed E-state index contributed by atoms with van der Waals surface area (Å²) in [4.78, 5) is 9.00. The monoisotopic (exact) mass is 248 g/mol. The predicted molar refractivity (Wildman–Crippen MR) is 76.1 cm³/mol. The number of rotatable bonds is 5. The van der Waals surface area contributed by atoms with E-state index in [1.54, 1.807) is 0 Å². The fourth-order valence-electron chi connectivity index (χ4n) is 2.30. The summed E-state index contributed by atoms with van der Waals surface area (Å²) < 4.78 is 0. The molecule has 2 N–H and O–H groups in total. The van der Waals surface area contributed by atoms with Gasteiger partial charge >= 0.3 is 0 Å². The maximum absolute atomic E-state index is 4.55. The molecule has 1 saturated carbocycles. The average Bonchev–Trinajstić information content (AvgIpc) is 3.08. The molecule has 18 heavy (non-hydrogen) atoms. The summed E-state index contributed by atoms with van der Waals surface area (Å²) in [6.45, 7) is 11.5. The largest absolute Gasteiger partial charge is 0.370 e. The van der Waals surface area contributed by atoms with E-state index in [0.29, 0.717) is 0 Å². The first-order chi connectivity index (χ1) is 8.44. The maximum atomic E-state index is 4.55. The molecule has 0 spiro atoms. The summed E-state index contributed by atoms with van der Waals surface area (Å²) in [5.74, 6) is 3.50. The van der Waals surface area contributed by atoms with Crippen molar-refractivity contribution in [2.45, 2.75) is 53.0 Å². The van der Waals surface area contributed by atoms with Crippen LogP contribution in [0.2, 0.25) is 0 Å². The Hall–Kier alpha value is -1.32. The van der Waals surface area contributed by atoms with Gasteiger partial charge in [0.05, 0.1) is 0 Å². The van der Waals surface area contributed by atoms with Crippen LogP contribution in [0.5, 0.6) is 0 Å². The van der Waals surface area contributed by atoms with E-state index in [-0.39, 0.29) is 5.54 Å². The lowest BCUT2D eigenvalue weighted by molar-refractivity contribution is 0.492. The quantitative estimate of drug-likeness (QED) is 0.840. The van der Waals surface area contributed by atoms with Gasteiger partial charge in [-0.15, -0.1) is 0 Å². The lowest BCUT2D eigenvalue weighted by Gasteiger charge is -2.28. The number of nitrogens with one attached hydrogen (secondary N) is 2. The number of hydrogen-bond acceptors (Lipinski definition) is 4. The molecule has 0 unspecified atom stereocenters. The van der Waals surface area contributed by atoms with Gasteiger partial charge in [0.1, 0.15) is 17.5 Å². The van der Waals surface area contributed by atoms with Gasteiger partial charge in [0.2, 0.25) is 0 Å². The lowest BCUT2D eigenvalue weighted by Crippen LogP contribution is -2.34. The Morgan fingerprint density at radius 1 is 1.17 bits per heavy atom. The van der Waals surface area contributed by atoms with Crippen molar-refractivity contribution in [3.63, 3.8) is 0 Å². The van der Waals surface area contributed by atoms with Crippen molar-refractivity contribution in [2.24, 2.45) is 5.92 Å². The topological polar surface area (TPSA) is 49.8 Å². The minimum Gasteiger partial charge on any atom is -0.370 e. The molecule has 0 aromatic carbocycles. The van der Waals surface area contributed by atoms with Crippen LogP contribution < -0.4 is 10.6 Å². The molecule has 0 saturated heterocycles. The third kappa shape index (κ3) is 2.74. The second-order valence-electron chi connectivity index (χ2n) is 5.74. The standard InChI is InChI=1S/C14H24N4/c1-6-15-12-9(2)13(17-10(3)16-12)18-14(4,5)11-7-8-11/h11H,6-8H2,1-5H3,(H2,15,16,17,18). The fraction of sp³-hybridized carbons (Fsp3) is 0.714. The van der Waals surface area contributed by atoms with E-state index in [2.05, 4.69) is 48.3 Å². The van der Waals surface area contributed by atoms with Gasteiger partial charge < -0.3 is 10.6 Å². The highest BCUT2D eigenvalue weighted by Crippen LogP contribution is 2.41. The van der Waals surface area contributed by atoms with Crippen LogP contribution in [0.1, 0.15) is 45.0 Å². The van der Waals surface area contributed by atoms with Crippen molar-refractivity contribution < 1.29 is 0 Å². The SMILES string of the molecule is CCNc1nc(C)nc(NC(C)(C)C2CC2)c1C. The zero-order chi connectivity index (χ0) is 13.3. The third-order valence-corrected chi connectivity index (χ3v) is 3.64. The van der Waals surface area contributed by atoms with Gasteiger partial charge in [-0.3, -0.25) is 0 Å². The summed E-state index contributed by atoms with van der Waals surface area (Å²) >= 11 is 0. The smallest absolute Gasteiger partial charge is 0.135 e. The molecule has 2 rings (SSSR count). The second-order valence-corrected chi connectivity index (χ2v) is 5.74. The molecule has 0 radical (unpaired) electrons. The van der Waals surface area contributed by atoms with Gasteiger partial charge in [-0.25, -0.2) is 9.97 Å². The van der Waals surface area contributed by atoms with Gasteiger partial charge in [-0.2, -0.15) is 0 Å². The van der Waals surface area contributed by atoms with Crippen LogP contribution in [0.4, 0.5) is 11.6 Å². The van der Waals surface area contributed by atoms with Crippen LogP contribution in [0.3, 0.4) is 0 Å². The Bertz CT molecular complexity index is 436. The molecule has 0 atom stereocenters. The zero-order valence-electron chi connectivity index (χ0n) is 12.1. The highest BCUT2D eigenvalue weighted by molar-refractivity contribution is 5.58. The minimum atomic E-state index is 0.120.